The van der Waals surface area contributed by atoms with Gasteiger partial charge in [-0.15, -0.1) is 0 Å². The molecule has 2 heterocycles. The second-order valence-electron chi connectivity index (χ2n) is 3.24. The first-order valence-corrected chi connectivity index (χ1v) is 4.71. The molecule has 0 atom stereocenters. The van der Waals surface area contributed by atoms with Crippen LogP contribution < -0.4 is 11.2 Å². The Balaban J connectivity index is 2.00. The van der Waals surface area contributed by atoms with Crippen molar-refractivity contribution < 1.29 is 9.42 Å². The Kier molecular flexibility index (Phi) is 2.86. The van der Waals surface area contributed by atoms with Crippen LogP contribution in [0.5, 0.6) is 0 Å². The Labute approximate surface area is 96.1 Å². The largest absolute Gasteiger partial charge is 0.379 e. The van der Waals surface area contributed by atoms with Crippen LogP contribution in [0.2, 0.25) is 0 Å². The fraction of sp³-hybridized carbons (Fsp3) is 0.111. The molecule has 17 heavy (non-hydrogen) atoms. The summed E-state index contributed by atoms with van der Waals surface area (Å²) in [6.45, 7) is 0. The minimum Gasteiger partial charge on any atom is -0.379 e. The number of rotatable bonds is 3. The highest BCUT2D eigenvalue weighted by Gasteiger charge is 2.14. The highest BCUT2D eigenvalue weighted by molar-refractivity contribution is 5.96. The Morgan fingerprint density at radius 3 is 3.06 bits per heavy atom. The van der Waals surface area contributed by atoms with Gasteiger partial charge in [-0.25, -0.2) is 10.1 Å². The molecule has 1 amide bonds. The van der Waals surface area contributed by atoms with Gasteiger partial charge in [0.15, 0.2) is 0 Å². The molecule has 0 unspecified atom stereocenters. The topological polar surface area (TPSA) is 111 Å². The van der Waals surface area contributed by atoms with Crippen LogP contribution in [0.4, 0.5) is 5.82 Å². The average Bonchev–Trinajstić information content (AvgIpc) is 2.88. The van der Waals surface area contributed by atoms with E-state index in [1.807, 2.05) is 29.9 Å². The number of hydrazone groups is 1. The molecule has 0 saturated carbocycles. The predicted molar refractivity (Wildman–Crippen MR) is 59.2 cm³/mol. The number of nitrogens with zero attached hydrogens (tertiary/aromatic N) is 4. The Hall–Kier alpha value is -2.64. The number of nitrogens with one attached hydrogen (secondary N) is 1. The summed E-state index contributed by atoms with van der Waals surface area (Å²) in [7, 11) is 1.86. The van der Waals surface area contributed by atoms with E-state index < -0.39 is 5.91 Å². The van der Waals surface area contributed by atoms with Crippen molar-refractivity contribution in [3.8, 4) is 0 Å². The minimum atomic E-state index is -0.575. The second kappa shape index (κ2) is 4.47. The molecule has 0 fully saturated rings. The fourth-order valence-electron chi connectivity index (χ4n) is 1.17. The summed E-state index contributed by atoms with van der Waals surface area (Å²) < 4.78 is 6.14. The smallest absolute Gasteiger partial charge is 0.297 e. The Morgan fingerprint density at radius 1 is 1.65 bits per heavy atom. The van der Waals surface area contributed by atoms with Crippen LogP contribution in [0.15, 0.2) is 28.1 Å². The summed E-state index contributed by atoms with van der Waals surface area (Å²) >= 11 is 0. The van der Waals surface area contributed by atoms with Crippen LogP contribution in [0.3, 0.4) is 0 Å². The van der Waals surface area contributed by atoms with E-state index in [2.05, 4.69) is 25.5 Å². The molecule has 2 aromatic heterocycles. The predicted octanol–water partition coefficient (Wildman–Crippen LogP) is -0.246. The van der Waals surface area contributed by atoms with Gasteiger partial charge in [0.05, 0.1) is 11.9 Å². The van der Waals surface area contributed by atoms with Crippen molar-refractivity contribution in [1.29, 1.82) is 0 Å². The lowest BCUT2D eigenvalue weighted by Crippen LogP contribution is -2.19. The third-order valence-electron chi connectivity index (χ3n) is 2.08. The number of aryl methyl sites for hydroxylation is 1. The third kappa shape index (κ3) is 2.30. The molecular weight excluding hydrogens is 224 g/mol. The molecule has 0 bridgehead atoms. The maximum atomic E-state index is 11.5. The number of carbonyl (C=O) groups excluding carboxylic acids is 1. The van der Waals surface area contributed by atoms with Crippen LogP contribution in [0, 0.1) is 0 Å². The van der Waals surface area contributed by atoms with E-state index >= 15 is 0 Å². The van der Waals surface area contributed by atoms with Crippen molar-refractivity contribution in [3.63, 3.8) is 0 Å². The summed E-state index contributed by atoms with van der Waals surface area (Å²) in [5, 5.41) is 10.4. The first-order valence-electron chi connectivity index (χ1n) is 4.71. The minimum absolute atomic E-state index is 0.0726. The van der Waals surface area contributed by atoms with Crippen LogP contribution in [0.25, 0.3) is 0 Å². The molecule has 8 nitrogen and oxygen atoms in total. The molecule has 0 saturated heterocycles. The van der Waals surface area contributed by atoms with Gasteiger partial charge >= 0.3 is 0 Å². The number of anilines is 1. The molecule has 0 radical (unpaired) electrons. The first kappa shape index (κ1) is 10.9. The Morgan fingerprint density at radius 2 is 2.47 bits per heavy atom. The van der Waals surface area contributed by atoms with E-state index in [-0.39, 0.29) is 11.5 Å². The number of nitrogen functional groups attached to an aromatic ring is 1. The third-order valence-corrected chi connectivity index (χ3v) is 2.08. The molecule has 88 valence electrons. The van der Waals surface area contributed by atoms with E-state index in [1.54, 1.807) is 0 Å². The van der Waals surface area contributed by atoms with E-state index in [4.69, 9.17) is 5.73 Å². The number of amides is 1. The Bertz CT molecular complexity index is 555. The van der Waals surface area contributed by atoms with E-state index in [0.29, 0.717) is 0 Å². The normalized spacial score (nSPS) is 10.9. The summed E-state index contributed by atoms with van der Waals surface area (Å²) in [6, 6.07) is 3.71. The van der Waals surface area contributed by atoms with E-state index in [0.717, 1.165) is 5.69 Å². The number of nitrogens with two attached hydrogens (primary N) is 1. The molecule has 3 N–H and O–H groups in total. The van der Waals surface area contributed by atoms with Gasteiger partial charge in [0, 0.05) is 13.2 Å². The second-order valence-corrected chi connectivity index (χ2v) is 3.24. The lowest BCUT2D eigenvalue weighted by molar-refractivity contribution is 0.0946. The monoisotopic (exact) mass is 234 g/mol. The SMILES string of the molecule is Cn1cccc1/C=N/NC(=O)c1nonc1N. The zero-order chi connectivity index (χ0) is 12.3. The maximum Gasteiger partial charge on any atom is 0.297 e. The molecule has 0 aliphatic rings. The zero-order valence-electron chi connectivity index (χ0n) is 8.99. The first-order chi connectivity index (χ1) is 8.18. The molecule has 0 spiro atoms. The standard InChI is InChI=1S/C9H10N6O2/c1-15-4-2-3-6(15)5-11-12-9(16)7-8(10)14-17-13-7/h2-5H,1H3,(H2,10,14)(H,12,16)/b11-5+. The molecule has 2 aromatic rings. The molecule has 0 aliphatic heterocycles. The lowest BCUT2D eigenvalue weighted by atomic mass is 10.4. The van der Waals surface area contributed by atoms with Crippen molar-refractivity contribution in [1.82, 2.24) is 20.3 Å². The van der Waals surface area contributed by atoms with E-state index in [9.17, 15) is 4.79 Å². The zero-order valence-corrected chi connectivity index (χ0v) is 8.99. The molecule has 8 heteroatoms. The van der Waals surface area contributed by atoms with Crippen molar-refractivity contribution >= 4 is 17.9 Å². The van der Waals surface area contributed by atoms with Crippen molar-refractivity contribution in [2.24, 2.45) is 12.1 Å². The number of aromatic nitrogens is 3. The number of carbonyl (C=O) groups is 1. The lowest BCUT2D eigenvalue weighted by Gasteiger charge is -1.96. The molecule has 0 aliphatic carbocycles. The average molecular weight is 234 g/mol. The highest BCUT2D eigenvalue weighted by Crippen LogP contribution is 2.02. The van der Waals surface area contributed by atoms with Crippen molar-refractivity contribution in [2.75, 3.05) is 5.73 Å². The van der Waals surface area contributed by atoms with Crippen molar-refractivity contribution in [3.05, 3.63) is 29.7 Å². The van der Waals surface area contributed by atoms with Gasteiger partial charge in [0.2, 0.25) is 11.5 Å². The maximum absolute atomic E-state index is 11.5. The van der Waals surface area contributed by atoms with Crippen LogP contribution in [-0.2, 0) is 7.05 Å². The number of hydrogen-bond donors (Lipinski definition) is 2. The van der Waals surface area contributed by atoms with Gasteiger partial charge < -0.3 is 10.3 Å². The summed E-state index contributed by atoms with van der Waals surface area (Å²) in [5.41, 5.74) is 8.37. The fourth-order valence-corrected chi connectivity index (χ4v) is 1.17. The van der Waals surface area contributed by atoms with Gasteiger partial charge in [-0.3, -0.25) is 4.79 Å². The van der Waals surface area contributed by atoms with Crippen LogP contribution in [-0.4, -0.2) is 27.0 Å². The molecule has 0 aromatic carbocycles. The van der Waals surface area contributed by atoms with Crippen molar-refractivity contribution in [2.45, 2.75) is 0 Å². The summed E-state index contributed by atoms with van der Waals surface area (Å²) in [5.74, 6) is -0.647. The van der Waals surface area contributed by atoms with Gasteiger partial charge in [0.1, 0.15) is 0 Å². The van der Waals surface area contributed by atoms with Gasteiger partial charge in [-0.05, 0) is 22.4 Å². The quantitative estimate of drug-likeness (QED) is 0.562. The summed E-state index contributed by atoms with van der Waals surface area (Å²) in [4.78, 5) is 11.5. The highest BCUT2D eigenvalue weighted by atomic mass is 16.6. The van der Waals surface area contributed by atoms with Gasteiger partial charge in [0.25, 0.3) is 5.91 Å². The summed E-state index contributed by atoms with van der Waals surface area (Å²) in [6.07, 6.45) is 3.37. The van der Waals surface area contributed by atoms with Crippen LogP contribution in [0.1, 0.15) is 16.2 Å². The van der Waals surface area contributed by atoms with E-state index in [1.165, 1.54) is 6.21 Å². The molecular formula is C9H10N6O2. The van der Waals surface area contributed by atoms with Gasteiger partial charge in [-0.2, -0.15) is 5.10 Å². The molecule has 2 rings (SSSR count). The van der Waals surface area contributed by atoms with Crippen LogP contribution >= 0.6 is 0 Å². The van der Waals surface area contributed by atoms with Gasteiger partial charge in [-0.1, -0.05) is 0 Å². The number of hydrogen-bond acceptors (Lipinski definition) is 6.